The van der Waals surface area contributed by atoms with Gasteiger partial charge in [0.1, 0.15) is 18.0 Å². The number of carbonyl (C=O) groups is 1. The Labute approximate surface area is 212 Å². The van der Waals surface area contributed by atoms with Gasteiger partial charge in [0, 0.05) is 30.6 Å². The highest BCUT2D eigenvalue weighted by Gasteiger charge is 2.58. The number of aromatic nitrogens is 4. The summed E-state index contributed by atoms with van der Waals surface area (Å²) in [4.78, 5) is 12.1. The van der Waals surface area contributed by atoms with Crippen molar-refractivity contribution in [1.29, 1.82) is 0 Å². The third-order valence-electron chi connectivity index (χ3n) is 6.55. The summed E-state index contributed by atoms with van der Waals surface area (Å²) in [5.74, 6) is -10.6. The average molecular weight is 550 g/mol. The van der Waals surface area contributed by atoms with Crippen molar-refractivity contribution >= 4 is 5.91 Å². The number of amides is 1. The van der Waals surface area contributed by atoms with Gasteiger partial charge in [-0.1, -0.05) is 19.1 Å². The lowest BCUT2D eigenvalue weighted by atomic mass is 9.80. The first-order valence-corrected chi connectivity index (χ1v) is 11.4. The van der Waals surface area contributed by atoms with E-state index in [4.69, 9.17) is 5.73 Å². The van der Waals surface area contributed by atoms with Crippen LogP contribution in [0.3, 0.4) is 0 Å². The smallest absolute Gasteiger partial charge is 0.404 e. The van der Waals surface area contributed by atoms with E-state index in [2.05, 4.69) is 15.5 Å². The van der Waals surface area contributed by atoms with Gasteiger partial charge in [0.15, 0.2) is 5.60 Å². The van der Waals surface area contributed by atoms with Crippen LogP contribution in [0.15, 0.2) is 48.5 Å². The van der Waals surface area contributed by atoms with Crippen LogP contribution in [0.5, 0.6) is 0 Å². The molecule has 1 saturated heterocycles. The molecule has 3 rings (SSSR count). The van der Waals surface area contributed by atoms with Crippen molar-refractivity contribution in [2.24, 2.45) is 17.6 Å². The third kappa shape index (κ3) is 5.97. The summed E-state index contributed by atoms with van der Waals surface area (Å²) in [5, 5.41) is 21.3. The summed E-state index contributed by atoms with van der Waals surface area (Å²) < 4.78 is 98.5. The number of halogens is 7. The molecular weight excluding hydrogens is 525 g/mol. The summed E-state index contributed by atoms with van der Waals surface area (Å²) in [7, 11) is 0. The fourth-order valence-corrected chi connectivity index (χ4v) is 4.36. The SMILES string of the molecule is CC(/C=C\C(=C/N)C1CCN(C(=O)C(F)(F)F)CC1)C(F)(F)C(O)(Cn1cnnn1)c1ccc(F)cc1F. The first-order chi connectivity index (χ1) is 17.7. The molecule has 1 fully saturated rings. The third-order valence-corrected chi connectivity index (χ3v) is 6.55. The number of tetrazole rings is 1. The second kappa shape index (κ2) is 11.1. The molecule has 3 N–H and O–H groups in total. The number of nitrogens with zero attached hydrogens (tertiary/aromatic N) is 5. The zero-order chi connectivity index (χ0) is 28.3. The van der Waals surface area contributed by atoms with E-state index in [9.17, 15) is 31.9 Å². The minimum absolute atomic E-state index is 0.115. The van der Waals surface area contributed by atoms with Gasteiger partial charge in [-0.2, -0.15) is 13.2 Å². The number of rotatable bonds is 8. The molecule has 208 valence electrons. The number of allylic oxidation sites excluding steroid dienone is 3. The van der Waals surface area contributed by atoms with E-state index < -0.39 is 59.2 Å². The molecule has 1 aromatic carbocycles. The molecule has 2 aromatic rings. The van der Waals surface area contributed by atoms with E-state index in [1.54, 1.807) is 0 Å². The molecule has 1 amide bonds. The van der Waals surface area contributed by atoms with Crippen molar-refractivity contribution < 1.29 is 40.6 Å². The molecule has 1 aromatic heterocycles. The lowest BCUT2D eigenvalue weighted by molar-refractivity contribution is -0.215. The van der Waals surface area contributed by atoms with E-state index in [1.165, 1.54) is 6.08 Å². The zero-order valence-electron chi connectivity index (χ0n) is 20.0. The number of benzene rings is 1. The second-order valence-corrected chi connectivity index (χ2v) is 8.99. The number of aliphatic hydroxyl groups is 1. The molecule has 38 heavy (non-hydrogen) atoms. The number of hydrogen-bond acceptors (Lipinski definition) is 6. The molecule has 2 heterocycles. The zero-order valence-corrected chi connectivity index (χ0v) is 20.0. The quantitative estimate of drug-likeness (QED) is 0.386. The monoisotopic (exact) mass is 550 g/mol. The van der Waals surface area contributed by atoms with Crippen LogP contribution in [0.2, 0.25) is 0 Å². The fraction of sp³-hybridized carbons (Fsp3) is 0.478. The summed E-state index contributed by atoms with van der Waals surface area (Å²) >= 11 is 0. The standard InChI is InChI=1S/C23H25F7N6O2/c1-14(2-3-16(11-31)15-6-8-35(9-7-15)20(37)23(28,29)30)22(26,27)21(38,12-36-13-32-33-34-36)18-5-4-17(24)10-19(18)25/h2-5,10-11,13-15,38H,6-9,12,31H2,1H3/b3-2-,16-11+. The van der Waals surface area contributed by atoms with Crippen molar-refractivity contribution in [3.8, 4) is 0 Å². The maximum absolute atomic E-state index is 15.8. The first kappa shape index (κ1) is 29.1. The van der Waals surface area contributed by atoms with Gasteiger partial charge < -0.3 is 15.7 Å². The van der Waals surface area contributed by atoms with Crippen molar-refractivity contribution in [2.75, 3.05) is 13.1 Å². The summed E-state index contributed by atoms with van der Waals surface area (Å²) in [6.07, 6.45) is -0.424. The van der Waals surface area contributed by atoms with Crippen LogP contribution in [-0.2, 0) is 16.9 Å². The molecule has 0 radical (unpaired) electrons. The minimum atomic E-state index is -5.00. The number of carbonyl (C=O) groups excluding carboxylic acids is 1. The molecule has 1 aliphatic heterocycles. The van der Waals surface area contributed by atoms with E-state index in [1.807, 2.05) is 0 Å². The van der Waals surface area contributed by atoms with E-state index in [0.29, 0.717) is 22.6 Å². The van der Waals surface area contributed by atoms with Crippen LogP contribution in [0.25, 0.3) is 0 Å². The van der Waals surface area contributed by atoms with Crippen LogP contribution >= 0.6 is 0 Å². The van der Waals surface area contributed by atoms with Crippen LogP contribution in [0.1, 0.15) is 25.3 Å². The number of hydrogen-bond donors (Lipinski definition) is 2. The molecule has 8 nitrogen and oxygen atoms in total. The molecule has 0 aliphatic carbocycles. The van der Waals surface area contributed by atoms with E-state index in [0.717, 1.165) is 36.3 Å². The Morgan fingerprint density at radius 3 is 2.39 bits per heavy atom. The predicted molar refractivity (Wildman–Crippen MR) is 119 cm³/mol. The maximum Gasteiger partial charge on any atom is 0.471 e. The van der Waals surface area contributed by atoms with Crippen molar-refractivity contribution in [1.82, 2.24) is 25.1 Å². The Kier molecular flexibility index (Phi) is 8.48. The summed E-state index contributed by atoms with van der Waals surface area (Å²) in [6, 6.07) is 1.80. The minimum Gasteiger partial charge on any atom is -0.404 e. The summed E-state index contributed by atoms with van der Waals surface area (Å²) in [5.41, 5.74) is 1.88. The molecular formula is C23H25F7N6O2. The Morgan fingerprint density at radius 2 is 1.87 bits per heavy atom. The highest BCUT2D eigenvalue weighted by atomic mass is 19.4. The first-order valence-electron chi connectivity index (χ1n) is 11.4. The molecule has 15 heteroatoms. The van der Waals surface area contributed by atoms with Crippen LogP contribution < -0.4 is 5.73 Å². The van der Waals surface area contributed by atoms with Crippen LogP contribution in [0, 0.1) is 23.5 Å². The van der Waals surface area contributed by atoms with Crippen molar-refractivity contribution in [3.05, 3.63) is 65.6 Å². The molecule has 0 saturated carbocycles. The average Bonchev–Trinajstić information content (AvgIpc) is 3.36. The van der Waals surface area contributed by atoms with Gasteiger partial charge in [0.25, 0.3) is 5.92 Å². The Balaban J connectivity index is 1.82. The van der Waals surface area contributed by atoms with Gasteiger partial charge in [-0.25, -0.2) is 22.2 Å². The molecule has 1 aliphatic rings. The topological polar surface area (TPSA) is 110 Å². The molecule has 2 unspecified atom stereocenters. The molecule has 0 bridgehead atoms. The highest BCUT2D eigenvalue weighted by Crippen LogP contribution is 2.45. The van der Waals surface area contributed by atoms with Crippen LogP contribution in [0.4, 0.5) is 30.7 Å². The van der Waals surface area contributed by atoms with E-state index >= 15 is 8.78 Å². The van der Waals surface area contributed by atoms with Gasteiger partial charge in [-0.05, 0) is 53.1 Å². The lowest BCUT2D eigenvalue weighted by Gasteiger charge is -2.39. The van der Waals surface area contributed by atoms with Crippen molar-refractivity contribution in [3.63, 3.8) is 0 Å². The fourth-order valence-electron chi connectivity index (χ4n) is 4.36. The van der Waals surface area contributed by atoms with Crippen LogP contribution in [-0.4, -0.2) is 61.3 Å². The maximum atomic E-state index is 15.8. The predicted octanol–water partition coefficient (Wildman–Crippen LogP) is 3.31. The van der Waals surface area contributed by atoms with Crippen molar-refractivity contribution in [2.45, 2.75) is 44.0 Å². The van der Waals surface area contributed by atoms with Gasteiger partial charge in [-0.15, -0.1) is 5.10 Å². The largest absolute Gasteiger partial charge is 0.471 e. The van der Waals surface area contributed by atoms with Gasteiger partial charge >= 0.3 is 12.1 Å². The molecule has 2 atom stereocenters. The lowest BCUT2D eigenvalue weighted by Crippen LogP contribution is -2.52. The number of alkyl halides is 5. The van der Waals surface area contributed by atoms with Gasteiger partial charge in [0.05, 0.1) is 6.54 Å². The highest BCUT2D eigenvalue weighted by molar-refractivity contribution is 5.81. The number of likely N-dealkylation sites (tertiary alicyclic amines) is 1. The number of nitrogens with two attached hydrogens (primary N) is 1. The Morgan fingerprint density at radius 1 is 1.21 bits per heavy atom. The van der Waals surface area contributed by atoms with Gasteiger partial charge in [-0.3, -0.25) is 4.79 Å². The molecule has 0 spiro atoms. The Bertz CT molecular complexity index is 1180. The number of piperidine rings is 1. The van der Waals surface area contributed by atoms with Gasteiger partial charge in [0.2, 0.25) is 0 Å². The summed E-state index contributed by atoms with van der Waals surface area (Å²) in [6.45, 7) is -0.314. The normalized spacial score (nSPS) is 18.6. The Hall–Kier alpha value is -3.49. The second-order valence-electron chi connectivity index (χ2n) is 8.99. The van der Waals surface area contributed by atoms with E-state index in [-0.39, 0.29) is 25.9 Å².